The maximum atomic E-state index is 13.0. The van der Waals surface area contributed by atoms with Gasteiger partial charge in [0.2, 0.25) is 0 Å². The van der Waals surface area contributed by atoms with E-state index in [1.54, 1.807) is 0 Å². The van der Waals surface area contributed by atoms with Gasteiger partial charge in [-0.2, -0.15) is 0 Å². The van der Waals surface area contributed by atoms with E-state index in [-0.39, 0.29) is 38.2 Å². The molecule has 0 rings (SSSR count). The molecular weight excluding hydrogens is 1090 g/mol. The number of quaternary nitrogens is 1. The molecule has 88 heavy (non-hydrogen) atoms. The summed E-state index contributed by atoms with van der Waals surface area (Å²) >= 11 is 0. The first-order valence-electron chi connectivity index (χ1n) is 38.3. The van der Waals surface area contributed by atoms with Crippen LogP contribution in [0.2, 0.25) is 0 Å². The number of carbonyl (C=O) groups is 3. The van der Waals surface area contributed by atoms with E-state index in [1.807, 2.05) is 21.1 Å². The Morgan fingerprint density at radius 2 is 0.648 bits per heavy atom. The third-order valence-corrected chi connectivity index (χ3v) is 17.3. The highest BCUT2D eigenvalue weighted by atomic mass is 16.7. The van der Waals surface area contributed by atoms with E-state index < -0.39 is 18.4 Å². The number of carboxylic acids is 1. The van der Waals surface area contributed by atoms with Crippen molar-refractivity contribution >= 4 is 17.9 Å². The first-order valence-corrected chi connectivity index (χ1v) is 38.3. The summed E-state index contributed by atoms with van der Waals surface area (Å²) in [6.07, 6.45) is 88.3. The quantitative estimate of drug-likeness (QED) is 0.0211. The molecular formula is C79H148NO8+. The molecule has 0 aromatic rings. The van der Waals surface area contributed by atoms with Crippen LogP contribution in [0.1, 0.15) is 380 Å². The van der Waals surface area contributed by atoms with Crippen LogP contribution < -0.4 is 0 Å². The highest BCUT2D eigenvalue weighted by Gasteiger charge is 2.25. The first kappa shape index (κ1) is 85.2. The second-order valence-electron chi connectivity index (χ2n) is 27.3. The fourth-order valence-corrected chi connectivity index (χ4v) is 11.5. The lowest BCUT2D eigenvalue weighted by Crippen LogP contribution is -2.40. The molecule has 0 saturated carbocycles. The van der Waals surface area contributed by atoms with E-state index in [1.165, 1.54) is 289 Å². The number of hydrogen-bond donors (Lipinski definition) is 1. The summed E-state index contributed by atoms with van der Waals surface area (Å²) in [4.78, 5) is 37.7. The monoisotopic (exact) mass is 1240 g/mol. The number of rotatable bonds is 72. The summed E-state index contributed by atoms with van der Waals surface area (Å²) < 4.78 is 23.0. The minimum absolute atomic E-state index is 0.175. The number of unbranched alkanes of at least 4 members (excludes halogenated alkanes) is 49. The number of likely N-dealkylation sites (N-methyl/N-ethyl adjacent to an activating group) is 1. The summed E-state index contributed by atoms with van der Waals surface area (Å²) in [6.45, 7) is 4.84. The van der Waals surface area contributed by atoms with Crippen LogP contribution in [0.5, 0.6) is 0 Å². The van der Waals surface area contributed by atoms with Crippen LogP contribution in [0, 0.1) is 0 Å². The van der Waals surface area contributed by atoms with Gasteiger partial charge >= 0.3 is 17.9 Å². The van der Waals surface area contributed by atoms with Gasteiger partial charge < -0.3 is 28.5 Å². The molecule has 0 amide bonds. The molecule has 0 heterocycles. The fourth-order valence-electron chi connectivity index (χ4n) is 11.5. The van der Waals surface area contributed by atoms with Gasteiger partial charge in [-0.05, 0) is 51.4 Å². The summed E-state index contributed by atoms with van der Waals surface area (Å²) in [5, 5.41) is 9.76. The Morgan fingerprint density at radius 3 is 0.966 bits per heavy atom. The van der Waals surface area contributed by atoms with Gasteiger partial charge in [0.25, 0.3) is 6.29 Å². The lowest BCUT2D eigenvalue weighted by Gasteiger charge is -2.25. The van der Waals surface area contributed by atoms with Crippen LogP contribution in [0.15, 0.2) is 48.6 Å². The number of carbonyl (C=O) groups excluding carboxylic acids is 2. The average molecular weight is 1240 g/mol. The molecule has 516 valence electrons. The Labute approximate surface area is 546 Å². The van der Waals surface area contributed by atoms with Gasteiger partial charge in [0.1, 0.15) is 13.2 Å². The van der Waals surface area contributed by atoms with Crippen molar-refractivity contribution in [3.63, 3.8) is 0 Å². The molecule has 0 spiro atoms. The van der Waals surface area contributed by atoms with Crippen molar-refractivity contribution in [1.82, 2.24) is 0 Å². The summed E-state index contributed by atoms with van der Waals surface area (Å²) in [6, 6.07) is 0. The molecule has 0 aromatic heterocycles. The van der Waals surface area contributed by atoms with Gasteiger partial charge in [-0.1, -0.05) is 364 Å². The van der Waals surface area contributed by atoms with Crippen LogP contribution in [-0.2, 0) is 33.3 Å². The number of esters is 2. The van der Waals surface area contributed by atoms with Crippen molar-refractivity contribution in [3.05, 3.63) is 48.6 Å². The minimum atomic E-state index is -1.51. The zero-order valence-electron chi connectivity index (χ0n) is 59.2. The maximum absolute atomic E-state index is 13.0. The van der Waals surface area contributed by atoms with Gasteiger partial charge in [0.15, 0.2) is 6.10 Å². The van der Waals surface area contributed by atoms with Gasteiger partial charge in [0.05, 0.1) is 34.4 Å². The van der Waals surface area contributed by atoms with E-state index >= 15 is 0 Å². The molecule has 2 atom stereocenters. The van der Waals surface area contributed by atoms with Crippen molar-refractivity contribution in [2.45, 2.75) is 392 Å². The molecule has 0 bridgehead atoms. The van der Waals surface area contributed by atoms with E-state index in [9.17, 15) is 19.5 Å². The van der Waals surface area contributed by atoms with Crippen LogP contribution in [0.3, 0.4) is 0 Å². The zero-order valence-corrected chi connectivity index (χ0v) is 59.2. The number of nitrogens with zero attached hydrogens (tertiary/aromatic N) is 1. The van der Waals surface area contributed by atoms with Crippen LogP contribution in [-0.4, -0.2) is 87.4 Å². The summed E-state index contributed by atoms with van der Waals surface area (Å²) in [7, 11) is 6.00. The van der Waals surface area contributed by atoms with Gasteiger partial charge in [-0.25, -0.2) is 4.79 Å². The Balaban J connectivity index is 3.99. The maximum Gasteiger partial charge on any atom is 0.361 e. The second kappa shape index (κ2) is 70.1. The molecule has 0 saturated heterocycles. The Bertz CT molecular complexity index is 1580. The number of allylic oxidation sites excluding steroid dienone is 8. The second-order valence-corrected chi connectivity index (χ2v) is 27.3. The van der Waals surface area contributed by atoms with Crippen molar-refractivity contribution in [2.24, 2.45) is 0 Å². The standard InChI is InChI=1S/C79H147NO8/c1-6-8-10-12-14-16-18-20-22-24-26-28-30-32-34-36-37-38-39-40-41-42-44-46-48-50-52-54-56-58-60-62-64-66-68-70-77(82)88-75(74-87-79(78(83)84)85-72-71-80(3,4)5)73-86-76(81)69-67-65-63-61-59-57-55-53-51-49-47-45-43-35-33-31-29-27-25-23-21-19-17-15-13-11-9-7-2/h8,10,14,16,20,22,26,28,75,79H,6-7,9,11-13,15,17-19,21,23-25,27,29-74H2,1-5H3/p+1/b10-8-,16-14-,22-20-,28-26-. The van der Waals surface area contributed by atoms with Crippen molar-refractivity contribution < 1.29 is 42.9 Å². The molecule has 0 fully saturated rings. The van der Waals surface area contributed by atoms with Crippen molar-refractivity contribution in [1.29, 1.82) is 0 Å². The number of aliphatic carboxylic acids is 1. The third kappa shape index (κ3) is 70.7. The predicted octanol–water partition coefficient (Wildman–Crippen LogP) is 24.1. The summed E-state index contributed by atoms with van der Waals surface area (Å²) in [5.74, 6) is -1.97. The lowest BCUT2D eigenvalue weighted by molar-refractivity contribution is -0.870. The molecule has 0 aliphatic rings. The lowest BCUT2D eigenvalue weighted by atomic mass is 10.0. The smallest absolute Gasteiger partial charge is 0.361 e. The van der Waals surface area contributed by atoms with E-state index in [0.717, 1.165) is 64.2 Å². The Kier molecular flexibility index (Phi) is 67.9. The molecule has 1 N–H and O–H groups in total. The Hall–Kier alpha value is -2.75. The highest BCUT2D eigenvalue weighted by molar-refractivity contribution is 5.71. The number of carboxylic acid groups (broad SMARTS) is 1. The van der Waals surface area contributed by atoms with E-state index in [4.69, 9.17) is 18.9 Å². The largest absolute Gasteiger partial charge is 0.477 e. The van der Waals surface area contributed by atoms with Gasteiger partial charge in [0, 0.05) is 12.8 Å². The summed E-state index contributed by atoms with van der Waals surface area (Å²) in [5.41, 5.74) is 0. The molecule has 0 aromatic carbocycles. The van der Waals surface area contributed by atoms with Gasteiger partial charge in [-0.3, -0.25) is 9.59 Å². The van der Waals surface area contributed by atoms with Crippen LogP contribution >= 0.6 is 0 Å². The van der Waals surface area contributed by atoms with Crippen molar-refractivity contribution in [2.75, 3.05) is 47.5 Å². The van der Waals surface area contributed by atoms with E-state index in [0.29, 0.717) is 17.4 Å². The minimum Gasteiger partial charge on any atom is -0.477 e. The van der Waals surface area contributed by atoms with Crippen LogP contribution in [0.25, 0.3) is 0 Å². The highest BCUT2D eigenvalue weighted by Crippen LogP contribution is 2.20. The molecule has 0 aliphatic carbocycles. The fraction of sp³-hybridized carbons (Fsp3) is 0.861. The molecule has 0 radical (unpaired) electrons. The van der Waals surface area contributed by atoms with Crippen LogP contribution in [0.4, 0.5) is 0 Å². The SMILES string of the molecule is CC/C=C\C/C=C\C/C=C\C/C=C\CCCCCCCCCCCCCCCCCCCCCCCCC(=O)OC(COC(=O)CCCCCCCCCCCCCCCCCCCCCCCCCCCCCC)COC(OCC[N+](C)(C)C)C(=O)O. The number of ether oxygens (including phenoxy) is 4. The van der Waals surface area contributed by atoms with Gasteiger partial charge in [-0.15, -0.1) is 0 Å². The number of hydrogen-bond acceptors (Lipinski definition) is 7. The van der Waals surface area contributed by atoms with E-state index in [2.05, 4.69) is 62.5 Å². The molecule has 2 unspecified atom stereocenters. The third-order valence-electron chi connectivity index (χ3n) is 17.3. The Morgan fingerprint density at radius 1 is 0.352 bits per heavy atom. The predicted molar refractivity (Wildman–Crippen MR) is 378 cm³/mol. The van der Waals surface area contributed by atoms with Crippen molar-refractivity contribution in [3.8, 4) is 0 Å². The molecule has 9 heteroatoms. The molecule has 0 aliphatic heterocycles. The zero-order chi connectivity index (χ0) is 64.0. The average Bonchev–Trinajstić information content (AvgIpc) is 3.54. The first-order chi connectivity index (χ1) is 43.1. The topological polar surface area (TPSA) is 108 Å². The normalized spacial score (nSPS) is 12.9. The molecule has 9 nitrogen and oxygen atoms in total.